The molecular weight excluding hydrogens is 108 g/mol. The molecule has 3 heteroatoms. The number of carbonyl (C=O) groups excluding carboxylic acids is 2. The van der Waals surface area contributed by atoms with Gasteiger partial charge in [0.1, 0.15) is 5.60 Å². The Morgan fingerprint density at radius 3 is 2.25 bits per heavy atom. The molecule has 3 nitrogen and oxygen atoms in total. The van der Waals surface area contributed by atoms with Gasteiger partial charge in [0.2, 0.25) is 12.6 Å². The molecule has 0 fully saturated rings. The Balaban J connectivity index is 3.70. The average Bonchev–Trinajstić information content (AvgIpc) is 1.67. The van der Waals surface area contributed by atoms with Crippen LogP contribution in [0.5, 0.6) is 0 Å². The molecule has 0 aromatic heterocycles. The van der Waals surface area contributed by atoms with Gasteiger partial charge in [-0.1, -0.05) is 0 Å². The molecular formula is C5H6O3. The van der Waals surface area contributed by atoms with E-state index in [2.05, 4.69) is 0 Å². The van der Waals surface area contributed by atoms with Gasteiger partial charge in [0.15, 0.2) is 0 Å². The first kappa shape index (κ1) is 7.30. The molecule has 1 N–H and O–H groups in total. The summed E-state index contributed by atoms with van der Waals surface area (Å²) in [5, 5.41) is 8.64. The molecule has 1 unspecified atom stereocenters. The van der Waals surface area contributed by atoms with Crippen molar-refractivity contribution < 1.29 is 14.7 Å². The SMILES string of the molecule is CC(O)([C]=O)C[C]=O. The van der Waals surface area contributed by atoms with Gasteiger partial charge in [-0.2, -0.15) is 0 Å². The predicted molar refractivity (Wildman–Crippen MR) is 26.6 cm³/mol. The molecule has 0 amide bonds. The molecule has 0 bridgehead atoms. The Morgan fingerprint density at radius 1 is 1.62 bits per heavy atom. The number of rotatable bonds is 3. The van der Waals surface area contributed by atoms with Crippen molar-refractivity contribution in [3.63, 3.8) is 0 Å². The fourth-order valence-electron chi connectivity index (χ4n) is 0.177. The molecule has 0 saturated heterocycles. The second-order valence-electron chi connectivity index (χ2n) is 1.70. The Kier molecular flexibility index (Phi) is 2.34. The third kappa shape index (κ3) is 2.47. The summed E-state index contributed by atoms with van der Waals surface area (Å²) in [5.41, 5.74) is -1.64. The van der Waals surface area contributed by atoms with E-state index < -0.39 is 5.60 Å². The summed E-state index contributed by atoms with van der Waals surface area (Å²) < 4.78 is 0. The Labute approximate surface area is 47.3 Å². The molecule has 2 radical (unpaired) electrons. The molecule has 0 rings (SSSR count). The van der Waals surface area contributed by atoms with Gasteiger partial charge in [0, 0.05) is 0 Å². The molecule has 0 saturated carbocycles. The minimum atomic E-state index is -1.64. The zero-order chi connectivity index (χ0) is 6.62. The summed E-state index contributed by atoms with van der Waals surface area (Å²) in [6.07, 6.45) is 2.37. The first-order valence-corrected chi connectivity index (χ1v) is 2.09. The van der Waals surface area contributed by atoms with Gasteiger partial charge in [-0.05, 0) is 6.92 Å². The van der Waals surface area contributed by atoms with E-state index in [9.17, 15) is 9.59 Å². The molecule has 0 heterocycles. The van der Waals surface area contributed by atoms with Crippen LogP contribution in [0.3, 0.4) is 0 Å². The van der Waals surface area contributed by atoms with Crippen molar-refractivity contribution in [1.29, 1.82) is 0 Å². The normalized spacial score (nSPS) is 16.8. The van der Waals surface area contributed by atoms with E-state index in [0.717, 1.165) is 0 Å². The first-order valence-electron chi connectivity index (χ1n) is 2.09. The number of hydrogen-bond donors (Lipinski definition) is 1. The summed E-state index contributed by atoms with van der Waals surface area (Å²) in [6, 6.07) is 0. The molecule has 1 atom stereocenters. The smallest absolute Gasteiger partial charge is 0.233 e. The second kappa shape index (κ2) is 2.57. The van der Waals surface area contributed by atoms with Crippen LogP contribution in [0.1, 0.15) is 13.3 Å². The summed E-state index contributed by atoms with van der Waals surface area (Å²) in [4.78, 5) is 19.2. The van der Waals surface area contributed by atoms with Crippen molar-refractivity contribution in [2.45, 2.75) is 18.9 Å². The maximum absolute atomic E-state index is 9.66. The highest BCUT2D eigenvalue weighted by Crippen LogP contribution is 2.00. The highest BCUT2D eigenvalue weighted by Gasteiger charge is 2.19. The van der Waals surface area contributed by atoms with Gasteiger partial charge in [-0.3, -0.25) is 9.59 Å². The Hall–Kier alpha value is -0.700. The van der Waals surface area contributed by atoms with Gasteiger partial charge in [-0.25, -0.2) is 0 Å². The predicted octanol–water partition coefficient (Wildman–Crippen LogP) is -0.653. The van der Waals surface area contributed by atoms with Gasteiger partial charge in [0.25, 0.3) is 0 Å². The summed E-state index contributed by atoms with van der Waals surface area (Å²) in [5.74, 6) is 0. The molecule has 0 spiro atoms. The van der Waals surface area contributed by atoms with Crippen molar-refractivity contribution in [2.24, 2.45) is 0 Å². The quantitative estimate of drug-likeness (QED) is 0.530. The van der Waals surface area contributed by atoms with E-state index >= 15 is 0 Å². The van der Waals surface area contributed by atoms with E-state index in [1.807, 2.05) is 0 Å². The van der Waals surface area contributed by atoms with Crippen molar-refractivity contribution in [3.05, 3.63) is 0 Å². The van der Waals surface area contributed by atoms with Gasteiger partial charge < -0.3 is 5.11 Å². The Morgan fingerprint density at radius 2 is 2.12 bits per heavy atom. The zero-order valence-corrected chi connectivity index (χ0v) is 4.47. The first-order chi connectivity index (χ1) is 3.62. The lowest BCUT2D eigenvalue weighted by atomic mass is 10.1. The van der Waals surface area contributed by atoms with Crippen LogP contribution in [0.4, 0.5) is 0 Å². The van der Waals surface area contributed by atoms with E-state index in [4.69, 9.17) is 5.11 Å². The lowest BCUT2D eigenvalue weighted by Crippen LogP contribution is -2.25. The van der Waals surface area contributed by atoms with Crippen LogP contribution in [-0.4, -0.2) is 23.3 Å². The highest BCUT2D eigenvalue weighted by molar-refractivity contribution is 5.69. The van der Waals surface area contributed by atoms with Crippen LogP contribution < -0.4 is 0 Å². The average molecular weight is 114 g/mol. The van der Waals surface area contributed by atoms with E-state index in [1.165, 1.54) is 19.5 Å². The monoisotopic (exact) mass is 114 g/mol. The van der Waals surface area contributed by atoms with Gasteiger partial charge in [-0.15, -0.1) is 0 Å². The minimum Gasteiger partial charge on any atom is -0.381 e. The molecule has 0 aliphatic heterocycles. The van der Waals surface area contributed by atoms with E-state index in [1.54, 1.807) is 0 Å². The summed E-state index contributed by atoms with van der Waals surface area (Å²) >= 11 is 0. The maximum Gasteiger partial charge on any atom is 0.233 e. The fourth-order valence-corrected chi connectivity index (χ4v) is 0.177. The van der Waals surface area contributed by atoms with Crippen LogP contribution in [0.25, 0.3) is 0 Å². The lowest BCUT2D eigenvalue weighted by molar-refractivity contribution is 0.135. The molecule has 8 heavy (non-hydrogen) atoms. The minimum absolute atomic E-state index is 0.309. The van der Waals surface area contributed by atoms with Crippen molar-refractivity contribution in [1.82, 2.24) is 0 Å². The van der Waals surface area contributed by atoms with Crippen LogP contribution in [-0.2, 0) is 9.59 Å². The molecule has 0 aliphatic carbocycles. The summed E-state index contributed by atoms with van der Waals surface area (Å²) in [6.45, 7) is 1.20. The van der Waals surface area contributed by atoms with Crippen molar-refractivity contribution in [2.75, 3.05) is 0 Å². The van der Waals surface area contributed by atoms with Crippen LogP contribution >= 0.6 is 0 Å². The third-order valence-electron chi connectivity index (χ3n) is 0.636. The number of hydrogen-bond acceptors (Lipinski definition) is 3. The van der Waals surface area contributed by atoms with Crippen molar-refractivity contribution in [3.8, 4) is 0 Å². The van der Waals surface area contributed by atoms with Crippen LogP contribution in [0.2, 0.25) is 0 Å². The Bertz CT molecular complexity index is 95.8. The van der Waals surface area contributed by atoms with Crippen molar-refractivity contribution >= 4 is 12.6 Å². The van der Waals surface area contributed by atoms with E-state index in [-0.39, 0.29) is 6.42 Å². The molecule has 0 aromatic rings. The van der Waals surface area contributed by atoms with Crippen LogP contribution in [0, 0.1) is 0 Å². The zero-order valence-electron chi connectivity index (χ0n) is 4.47. The van der Waals surface area contributed by atoms with Gasteiger partial charge in [0.05, 0.1) is 6.42 Å². The third-order valence-corrected chi connectivity index (χ3v) is 0.636. The molecule has 44 valence electrons. The molecule has 0 aromatic carbocycles. The lowest BCUT2D eigenvalue weighted by Gasteiger charge is -2.06. The molecule has 0 aliphatic rings. The summed E-state index contributed by atoms with van der Waals surface area (Å²) in [7, 11) is 0. The largest absolute Gasteiger partial charge is 0.381 e. The standard InChI is InChI=1S/C5H6O3/c1-5(8,4-7)2-3-6/h8H,2H2,1H3. The van der Waals surface area contributed by atoms with Crippen LogP contribution in [0.15, 0.2) is 0 Å². The second-order valence-corrected chi connectivity index (χ2v) is 1.70. The number of aliphatic hydroxyl groups is 1. The highest BCUT2D eigenvalue weighted by atomic mass is 16.3. The topological polar surface area (TPSA) is 54.4 Å². The fraction of sp³-hybridized carbons (Fsp3) is 0.600. The van der Waals surface area contributed by atoms with E-state index in [0.29, 0.717) is 0 Å². The van der Waals surface area contributed by atoms with Gasteiger partial charge >= 0.3 is 0 Å². The maximum atomic E-state index is 9.66.